The number of rotatable bonds is 6. The number of halogens is 3. The van der Waals surface area contributed by atoms with Crippen LogP contribution in [0, 0.1) is 23.2 Å². The van der Waals surface area contributed by atoms with Gasteiger partial charge in [0.25, 0.3) is 5.56 Å². The molecule has 41 heavy (non-hydrogen) atoms. The summed E-state index contributed by atoms with van der Waals surface area (Å²) in [5.41, 5.74) is 0.142. The van der Waals surface area contributed by atoms with Crippen molar-refractivity contribution in [1.29, 1.82) is 0 Å². The minimum absolute atomic E-state index is 0.0372. The topological polar surface area (TPSA) is 86.6 Å². The van der Waals surface area contributed by atoms with E-state index in [-0.39, 0.29) is 23.8 Å². The van der Waals surface area contributed by atoms with E-state index in [9.17, 15) is 27.6 Å². The smallest absolute Gasteiger partial charge is 0.465 e. The second-order valence-electron chi connectivity index (χ2n) is 11.8. The van der Waals surface area contributed by atoms with Gasteiger partial charge in [0.1, 0.15) is 11.3 Å². The number of carbonyl (C=O) groups is 2. The molecule has 2 saturated carbocycles. The van der Waals surface area contributed by atoms with Crippen LogP contribution in [0.2, 0.25) is 0 Å². The van der Waals surface area contributed by atoms with Gasteiger partial charge in [-0.15, -0.1) is 13.2 Å². The van der Waals surface area contributed by atoms with E-state index in [1.165, 1.54) is 29.9 Å². The van der Waals surface area contributed by atoms with Crippen molar-refractivity contribution in [3.8, 4) is 5.75 Å². The molecule has 218 valence electrons. The number of anilines is 1. The third-order valence-corrected chi connectivity index (χ3v) is 8.40. The predicted octanol–water partition coefficient (Wildman–Crippen LogP) is 6.53. The van der Waals surface area contributed by atoms with Gasteiger partial charge in [-0.1, -0.05) is 32.0 Å². The second-order valence-corrected chi connectivity index (χ2v) is 11.8. The van der Waals surface area contributed by atoms with Gasteiger partial charge in [0, 0.05) is 5.39 Å². The predicted molar refractivity (Wildman–Crippen MR) is 148 cm³/mol. The molecule has 0 radical (unpaired) electrons. The number of hydrogen-bond donors (Lipinski definition) is 1. The molecule has 0 spiro atoms. The highest BCUT2D eigenvalue weighted by atomic mass is 19.4. The minimum atomic E-state index is -4.82. The molecule has 2 unspecified atom stereocenters. The Morgan fingerprint density at radius 1 is 1.02 bits per heavy atom. The molecule has 0 aliphatic heterocycles. The van der Waals surface area contributed by atoms with E-state index in [0.29, 0.717) is 39.9 Å². The van der Waals surface area contributed by atoms with E-state index in [4.69, 9.17) is 4.74 Å². The maximum absolute atomic E-state index is 13.9. The summed E-state index contributed by atoms with van der Waals surface area (Å²) in [6.07, 6.45) is -0.0781. The van der Waals surface area contributed by atoms with E-state index in [2.05, 4.69) is 23.9 Å². The lowest BCUT2D eigenvalue weighted by Gasteiger charge is -2.48. The fourth-order valence-electron chi connectivity index (χ4n) is 7.14. The number of esters is 1. The van der Waals surface area contributed by atoms with E-state index in [1.807, 2.05) is 0 Å². The fraction of sp³-hybridized carbons (Fsp3) is 0.452. The maximum Gasteiger partial charge on any atom is 0.573 e. The van der Waals surface area contributed by atoms with Gasteiger partial charge in [-0.25, -0.2) is 4.79 Å². The van der Waals surface area contributed by atoms with Crippen LogP contribution in [0.3, 0.4) is 0 Å². The molecule has 1 heterocycles. The van der Waals surface area contributed by atoms with Crippen LogP contribution >= 0.6 is 0 Å². The standard InChI is InChI=1S/C31H33F3N2O5/c1-18-11-21-12-19(2)15-30(14-18,16-21)29(39)35-25-5-4-6-26-23(25)13-24(28(38)40-3)27(37)36(26)17-20-7-9-22(10-8-20)41-31(32,33)34/h4-10,13,18-19,21H,11-12,14-17H2,1-3H3,(H,35,39). The van der Waals surface area contributed by atoms with Crippen LogP contribution in [-0.2, 0) is 16.1 Å². The van der Waals surface area contributed by atoms with Crippen molar-refractivity contribution < 1.29 is 32.2 Å². The van der Waals surface area contributed by atoms with Crippen molar-refractivity contribution >= 4 is 28.5 Å². The van der Waals surface area contributed by atoms with Crippen LogP contribution < -0.4 is 15.6 Å². The number of carbonyl (C=O) groups excluding carboxylic acids is 2. The second kappa shape index (κ2) is 10.9. The Morgan fingerprint density at radius 3 is 2.29 bits per heavy atom. The van der Waals surface area contributed by atoms with E-state index < -0.39 is 23.3 Å². The van der Waals surface area contributed by atoms with Gasteiger partial charge in [0.05, 0.1) is 30.3 Å². The molecule has 2 bridgehead atoms. The molecule has 2 aliphatic rings. The number of ether oxygens (including phenoxy) is 2. The van der Waals surface area contributed by atoms with Crippen LogP contribution in [0.4, 0.5) is 18.9 Å². The molecular weight excluding hydrogens is 537 g/mol. The fourth-order valence-corrected chi connectivity index (χ4v) is 7.14. The number of fused-ring (bicyclic) bond motifs is 3. The first-order chi connectivity index (χ1) is 19.4. The number of aromatic nitrogens is 1. The molecule has 3 aromatic rings. The van der Waals surface area contributed by atoms with Crippen molar-refractivity contribution in [2.45, 2.75) is 58.9 Å². The summed E-state index contributed by atoms with van der Waals surface area (Å²) < 4.78 is 47.9. The Bertz CT molecular complexity index is 1510. The number of pyridine rings is 1. The Labute approximate surface area is 235 Å². The van der Waals surface area contributed by atoms with E-state index in [0.717, 1.165) is 44.2 Å². The maximum atomic E-state index is 13.9. The quantitative estimate of drug-likeness (QED) is 0.341. The first-order valence-corrected chi connectivity index (χ1v) is 13.8. The lowest BCUT2D eigenvalue weighted by Crippen LogP contribution is -2.47. The molecule has 2 fully saturated rings. The summed E-state index contributed by atoms with van der Waals surface area (Å²) in [5.74, 6) is 0.148. The minimum Gasteiger partial charge on any atom is -0.465 e. The largest absolute Gasteiger partial charge is 0.573 e. The molecule has 2 aromatic carbocycles. The van der Waals surface area contributed by atoms with Gasteiger partial charge < -0.3 is 19.4 Å². The Balaban J connectivity index is 1.53. The summed E-state index contributed by atoms with van der Waals surface area (Å²) in [5, 5.41) is 3.62. The molecule has 5 rings (SSSR count). The average molecular weight is 571 g/mol. The number of hydrogen-bond acceptors (Lipinski definition) is 5. The summed E-state index contributed by atoms with van der Waals surface area (Å²) in [7, 11) is 1.17. The molecule has 10 heteroatoms. The van der Waals surface area contributed by atoms with Crippen molar-refractivity contribution in [3.63, 3.8) is 0 Å². The van der Waals surface area contributed by atoms with Crippen LogP contribution in [0.5, 0.6) is 5.75 Å². The molecule has 1 amide bonds. The zero-order valence-electron chi connectivity index (χ0n) is 23.2. The summed E-state index contributed by atoms with van der Waals surface area (Å²) >= 11 is 0. The zero-order chi connectivity index (χ0) is 29.5. The molecule has 7 nitrogen and oxygen atoms in total. The van der Waals surface area contributed by atoms with Gasteiger partial charge in [-0.05, 0) is 85.8 Å². The number of amides is 1. The third kappa shape index (κ3) is 5.96. The van der Waals surface area contributed by atoms with Gasteiger partial charge in [0.2, 0.25) is 5.91 Å². The van der Waals surface area contributed by atoms with Crippen LogP contribution in [0.1, 0.15) is 61.9 Å². The van der Waals surface area contributed by atoms with E-state index in [1.54, 1.807) is 18.2 Å². The molecule has 2 atom stereocenters. The van der Waals surface area contributed by atoms with Crippen molar-refractivity contribution in [3.05, 3.63) is 70.0 Å². The molecule has 1 aromatic heterocycles. The number of benzene rings is 2. The van der Waals surface area contributed by atoms with Crippen LogP contribution in [0.15, 0.2) is 53.3 Å². The van der Waals surface area contributed by atoms with Gasteiger partial charge in [0.15, 0.2) is 0 Å². The summed E-state index contributed by atoms with van der Waals surface area (Å²) in [6, 6.07) is 11.8. The number of nitrogens with one attached hydrogen (secondary N) is 1. The highest BCUT2D eigenvalue weighted by molar-refractivity contribution is 6.05. The summed E-state index contributed by atoms with van der Waals surface area (Å²) in [6.45, 7) is 4.36. The number of nitrogens with zero attached hydrogens (tertiary/aromatic N) is 1. The highest BCUT2D eigenvalue weighted by Crippen LogP contribution is 2.53. The molecule has 0 saturated heterocycles. The average Bonchev–Trinajstić information content (AvgIpc) is 2.89. The normalized spacial score (nSPS) is 24.1. The number of methoxy groups -OCH3 is 1. The van der Waals surface area contributed by atoms with Gasteiger partial charge in [-0.2, -0.15) is 0 Å². The van der Waals surface area contributed by atoms with Crippen molar-refractivity contribution in [2.24, 2.45) is 23.2 Å². The Morgan fingerprint density at radius 2 is 1.68 bits per heavy atom. The third-order valence-electron chi connectivity index (χ3n) is 8.40. The Kier molecular flexibility index (Phi) is 7.61. The lowest BCUT2D eigenvalue weighted by atomic mass is 9.56. The van der Waals surface area contributed by atoms with Crippen molar-refractivity contribution in [2.75, 3.05) is 12.4 Å². The monoisotopic (exact) mass is 570 g/mol. The van der Waals surface area contributed by atoms with Crippen LogP contribution in [-0.4, -0.2) is 29.9 Å². The zero-order valence-corrected chi connectivity index (χ0v) is 23.2. The first-order valence-electron chi connectivity index (χ1n) is 13.8. The number of alkyl halides is 3. The van der Waals surface area contributed by atoms with Crippen molar-refractivity contribution in [1.82, 2.24) is 4.57 Å². The molecule has 1 N–H and O–H groups in total. The van der Waals surface area contributed by atoms with E-state index >= 15 is 0 Å². The van der Waals surface area contributed by atoms with Crippen LogP contribution in [0.25, 0.3) is 10.9 Å². The molecular formula is C31H33F3N2O5. The Hall–Kier alpha value is -3.82. The first kappa shape index (κ1) is 28.7. The summed E-state index contributed by atoms with van der Waals surface area (Å²) in [4.78, 5) is 40.0. The highest BCUT2D eigenvalue weighted by Gasteiger charge is 2.49. The van der Waals surface area contributed by atoms with Gasteiger partial charge >= 0.3 is 12.3 Å². The SMILES string of the molecule is COC(=O)c1cc2c(NC(=O)C34CC(C)CC(CC(C)C3)C4)cccc2n(Cc2ccc(OC(F)(F)F)cc2)c1=O. The lowest BCUT2D eigenvalue weighted by molar-refractivity contribution is -0.274. The van der Waals surface area contributed by atoms with Gasteiger partial charge in [-0.3, -0.25) is 9.59 Å². The molecule has 2 aliphatic carbocycles.